The molecule has 0 aliphatic rings. The number of aryl methyl sites for hydroxylation is 1. The summed E-state index contributed by atoms with van der Waals surface area (Å²) in [6, 6.07) is 5.28. The van der Waals surface area contributed by atoms with E-state index in [1.165, 1.54) is 22.2 Å². The van der Waals surface area contributed by atoms with Gasteiger partial charge in [-0.25, -0.2) is 4.98 Å². The van der Waals surface area contributed by atoms with Crippen LogP contribution in [-0.2, 0) is 10.5 Å². The van der Waals surface area contributed by atoms with Crippen LogP contribution >= 0.6 is 11.8 Å². The Balaban J connectivity index is 2.14. The lowest BCUT2D eigenvalue weighted by Gasteiger charge is -2.09. The summed E-state index contributed by atoms with van der Waals surface area (Å²) >= 11 is 1.46. The molecule has 2 aromatic rings. The van der Waals surface area contributed by atoms with Crippen molar-refractivity contribution in [2.24, 2.45) is 0 Å². The van der Waals surface area contributed by atoms with Crippen LogP contribution in [0.1, 0.15) is 11.3 Å². The second kappa shape index (κ2) is 6.09. The predicted molar refractivity (Wildman–Crippen MR) is 81.1 cm³/mol. The first-order valence-corrected chi connectivity index (χ1v) is 7.39. The SMILES string of the molecule is Cc1ccc2nc(CSCC(=O)N(C)C)cc(=O)n2c1. The molecule has 0 fully saturated rings. The average molecular weight is 291 g/mol. The summed E-state index contributed by atoms with van der Waals surface area (Å²) in [4.78, 5) is 29.5. The molecule has 2 heterocycles. The number of rotatable bonds is 4. The lowest BCUT2D eigenvalue weighted by molar-refractivity contribution is -0.125. The smallest absolute Gasteiger partial charge is 0.258 e. The molecule has 0 aliphatic carbocycles. The minimum Gasteiger partial charge on any atom is -0.348 e. The van der Waals surface area contributed by atoms with Gasteiger partial charge in [-0.2, -0.15) is 0 Å². The van der Waals surface area contributed by atoms with Crippen molar-refractivity contribution in [3.63, 3.8) is 0 Å². The van der Waals surface area contributed by atoms with Crippen LogP contribution in [-0.4, -0.2) is 40.0 Å². The zero-order valence-electron chi connectivity index (χ0n) is 11.8. The molecule has 2 rings (SSSR count). The van der Waals surface area contributed by atoms with Crippen molar-refractivity contribution >= 4 is 23.3 Å². The number of carbonyl (C=O) groups excluding carboxylic acids is 1. The molecular weight excluding hydrogens is 274 g/mol. The van der Waals surface area contributed by atoms with Gasteiger partial charge in [0, 0.05) is 32.1 Å². The van der Waals surface area contributed by atoms with E-state index in [-0.39, 0.29) is 11.5 Å². The van der Waals surface area contributed by atoms with Gasteiger partial charge in [0.15, 0.2) is 0 Å². The standard InChI is InChI=1S/C14H17N3O2S/c1-10-4-5-12-15-11(6-13(18)17(12)7-10)8-20-9-14(19)16(2)3/h4-7H,8-9H2,1-3H3. The molecule has 0 saturated carbocycles. The fourth-order valence-electron chi connectivity index (χ4n) is 1.70. The first-order chi connectivity index (χ1) is 9.47. The lowest BCUT2D eigenvalue weighted by atomic mass is 10.3. The van der Waals surface area contributed by atoms with Crippen LogP contribution in [0.25, 0.3) is 5.65 Å². The van der Waals surface area contributed by atoms with Gasteiger partial charge >= 0.3 is 0 Å². The maximum Gasteiger partial charge on any atom is 0.258 e. The molecule has 0 unspecified atom stereocenters. The minimum absolute atomic E-state index is 0.0585. The van der Waals surface area contributed by atoms with E-state index in [0.717, 1.165) is 5.56 Å². The Morgan fingerprint density at radius 3 is 2.85 bits per heavy atom. The molecule has 0 N–H and O–H groups in total. The van der Waals surface area contributed by atoms with Crippen LogP contribution in [0, 0.1) is 6.92 Å². The first-order valence-electron chi connectivity index (χ1n) is 6.24. The average Bonchev–Trinajstić information content (AvgIpc) is 2.39. The Bertz CT molecular complexity index is 694. The number of amides is 1. The summed E-state index contributed by atoms with van der Waals surface area (Å²) in [5, 5.41) is 0. The molecule has 2 aromatic heterocycles. The van der Waals surface area contributed by atoms with Gasteiger partial charge in [-0.15, -0.1) is 11.8 Å². The van der Waals surface area contributed by atoms with Gasteiger partial charge in [-0.05, 0) is 18.6 Å². The highest BCUT2D eigenvalue weighted by atomic mass is 32.2. The molecule has 0 aliphatic heterocycles. The summed E-state index contributed by atoms with van der Waals surface area (Å²) < 4.78 is 1.54. The van der Waals surface area contributed by atoms with Crippen molar-refractivity contribution in [1.82, 2.24) is 14.3 Å². The molecule has 1 amide bonds. The van der Waals surface area contributed by atoms with Crippen LogP contribution < -0.4 is 5.56 Å². The Labute approximate surface area is 121 Å². The molecule has 0 spiro atoms. The van der Waals surface area contributed by atoms with Crippen molar-refractivity contribution in [2.75, 3.05) is 19.8 Å². The van der Waals surface area contributed by atoms with E-state index in [0.29, 0.717) is 22.8 Å². The van der Waals surface area contributed by atoms with E-state index in [2.05, 4.69) is 4.98 Å². The lowest BCUT2D eigenvalue weighted by Crippen LogP contribution is -2.23. The summed E-state index contributed by atoms with van der Waals surface area (Å²) in [6.07, 6.45) is 1.77. The van der Waals surface area contributed by atoms with Crippen LogP contribution in [0.3, 0.4) is 0 Å². The second-order valence-corrected chi connectivity index (χ2v) is 5.79. The van der Waals surface area contributed by atoms with Crippen molar-refractivity contribution < 1.29 is 4.79 Å². The molecule has 5 nitrogen and oxygen atoms in total. The van der Waals surface area contributed by atoms with Gasteiger partial charge in [0.05, 0.1) is 11.4 Å². The number of thioether (sulfide) groups is 1. The maximum atomic E-state index is 12.0. The fourth-order valence-corrected chi connectivity index (χ4v) is 2.60. The summed E-state index contributed by atoms with van der Waals surface area (Å²) in [5.41, 5.74) is 2.27. The number of fused-ring (bicyclic) bond motifs is 1. The third-order valence-corrected chi connectivity index (χ3v) is 3.79. The summed E-state index contributed by atoms with van der Waals surface area (Å²) in [6.45, 7) is 1.93. The van der Waals surface area contributed by atoms with Crippen LogP contribution in [0.4, 0.5) is 0 Å². The third-order valence-electron chi connectivity index (χ3n) is 2.83. The van der Waals surface area contributed by atoms with Crippen LogP contribution in [0.2, 0.25) is 0 Å². The van der Waals surface area contributed by atoms with Gasteiger partial charge in [0.2, 0.25) is 5.91 Å². The van der Waals surface area contributed by atoms with Crippen molar-refractivity contribution in [2.45, 2.75) is 12.7 Å². The zero-order valence-corrected chi connectivity index (χ0v) is 12.6. The highest BCUT2D eigenvalue weighted by Crippen LogP contribution is 2.10. The van der Waals surface area contributed by atoms with Gasteiger partial charge in [0.1, 0.15) is 5.65 Å². The van der Waals surface area contributed by atoms with Crippen LogP contribution in [0.15, 0.2) is 29.2 Å². The Kier molecular flexibility index (Phi) is 4.44. The van der Waals surface area contributed by atoms with Gasteiger partial charge in [-0.3, -0.25) is 14.0 Å². The van der Waals surface area contributed by atoms with E-state index in [1.807, 2.05) is 19.1 Å². The summed E-state index contributed by atoms with van der Waals surface area (Å²) in [5.74, 6) is 1.00. The number of carbonyl (C=O) groups is 1. The number of hydrogen-bond acceptors (Lipinski definition) is 4. The Hall–Kier alpha value is -1.82. The molecule has 0 bridgehead atoms. The molecule has 106 valence electrons. The number of nitrogens with zero attached hydrogens (tertiary/aromatic N) is 3. The van der Waals surface area contributed by atoms with E-state index >= 15 is 0 Å². The first kappa shape index (κ1) is 14.6. The van der Waals surface area contributed by atoms with Crippen LogP contribution in [0.5, 0.6) is 0 Å². The highest BCUT2D eigenvalue weighted by Gasteiger charge is 2.06. The van der Waals surface area contributed by atoms with Gasteiger partial charge < -0.3 is 4.90 Å². The normalized spacial score (nSPS) is 10.8. The summed E-state index contributed by atoms with van der Waals surface area (Å²) in [7, 11) is 3.46. The molecule has 0 saturated heterocycles. The van der Waals surface area contributed by atoms with Crippen molar-refractivity contribution in [3.05, 3.63) is 46.0 Å². The van der Waals surface area contributed by atoms with E-state index in [9.17, 15) is 9.59 Å². The van der Waals surface area contributed by atoms with E-state index < -0.39 is 0 Å². The maximum absolute atomic E-state index is 12.0. The molecule has 0 aromatic carbocycles. The van der Waals surface area contributed by atoms with Gasteiger partial charge in [-0.1, -0.05) is 6.07 Å². The van der Waals surface area contributed by atoms with Crippen molar-refractivity contribution in [3.8, 4) is 0 Å². The minimum atomic E-state index is -0.0896. The van der Waals surface area contributed by atoms with E-state index in [4.69, 9.17) is 0 Å². The fraction of sp³-hybridized carbons (Fsp3) is 0.357. The second-order valence-electron chi connectivity index (χ2n) is 4.80. The molecule has 6 heteroatoms. The van der Waals surface area contributed by atoms with Gasteiger partial charge in [0.25, 0.3) is 5.56 Å². The van der Waals surface area contributed by atoms with Crippen molar-refractivity contribution in [1.29, 1.82) is 0 Å². The molecule has 0 atom stereocenters. The predicted octanol–water partition coefficient (Wildman–Crippen LogP) is 1.32. The molecule has 20 heavy (non-hydrogen) atoms. The number of pyridine rings is 1. The third kappa shape index (κ3) is 3.39. The topological polar surface area (TPSA) is 54.7 Å². The monoisotopic (exact) mass is 291 g/mol. The Morgan fingerprint density at radius 2 is 2.15 bits per heavy atom. The number of aromatic nitrogens is 2. The zero-order chi connectivity index (χ0) is 14.7. The largest absolute Gasteiger partial charge is 0.348 e. The quantitative estimate of drug-likeness (QED) is 0.852. The Morgan fingerprint density at radius 1 is 1.40 bits per heavy atom. The highest BCUT2D eigenvalue weighted by molar-refractivity contribution is 7.99. The van der Waals surface area contributed by atoms with E-state index in [1.54, 1.807) is 25.2 Å². The number of hydrogen-bond donors (Lipinski definition) is 0. The molecule has 0 radical (unpaired) electrons. The molecular formula is C14H17N3O2S.